The quantitative estimate of drug-likeness (QED) is 0.806. The summed E-state index contributed by atoms with van der Waals surface area (Å²) in [6, 6.07) is 9.73. The van der Waals surface area contributed by atoms with Crippen LogP contribution in [0.3, 0.4) is 0 Å². The highest BCUT2D eigenvalue weighted by Crippen LogP contribution is 2.27. The van der Waals surface area contributed by atoms with Crippen LogP contribution in [0.2, 0.25) is 0 Å². The SMILES string of the molecule is CC1CC(=O)c2cc(-c3cccc(Br)c3)nnc2C1. The molecule has 3 nitrogen and oxygen atoms in total. The van der Waals surface area contributed by atoms with Crippen molar-refractivity contribution >= 4 is 21.7 Å². The lowest BCUT2D eigenvalue weighted by Crippen LogP contribution is -2.20. The van der Waals surface area contributed by atoms with Gasteiger partial charge in [0.05, 0.1) is 11.4 Å². The number of carbonyl (C=O) groups is 1. The zero-order valence-corrected chi connectivity index (χ0v) is 12.1. The van der Waals surface area contributed by atoms with E-state index < -0.39 is 0 Å². The molecular formula is C15H13BrN2O. The number of rotatable bonds is 1. The molecule has 1 unspecified atom stereocenters. The van der Waals surface area contributed by atoms with Crippen molar-refractivity contribution in [2.45, 2.75) is 19.8 Å². The van der Waals surface area contributed by atoms with Crippen LogP contribution >= 0.6 is 15.9 Å². The Morgan fingerprint density at radius 1 is 1.21 bits per heavy atom. The van der Waals surface area contributed by atoms with Gasteiger partial charge in [-0.05, 0) is 30.5 Å². The molecule has 1 aromatic heterocycles. The third-order valence-corrected chi connectivity index (χ3v) is 3.86. The molecule has 4 heteroatoms. The maximum Gasteiger partial charge on any atom is 0.165 e. The standard InChI is InChI=1S/C15H13BrN2O/c1-9-5-14-12(15(19)6-9)8-13(17-18-14)10-3-2-4-11(16)7-10/h2-4,7-9H,5-6H2,1H3. The molecule has 0 bridgehead atoms. The molecule has 3 rings (SSSR count). The highest BCUT2D eigenvalue weighted by atomic mass is 79.9. The Labute approximate surface area is 120 Å². The van der Waals surface area contributed by atoms with Gasteiger partial charge in [-0.25, -0.2) is 0 Å². The molecule has 1 atom stereocenters. The van der Waals surface area contributed by atoms with Gasteiger partial charge < -0.3 is 0 Å². The summed E-state index contributed by atoms with van der Waals surface area (Å²) >= 11 is 3.44. The van der Waals surface area contributed by atoms with E-state index in [0.29, 0.717) is 12.3 Å². The molecule has 0 saturated carbocycles. The van der Waals surface area contributed by atoms with E-state index in [2.05, 4.69) is 33.1 Å². The predicted octanol–water partition coefficient (Wildman–Crippen LogP) is 3.67. The molecule has 0 radical (unpaired) electrons. The zero-order chi connectivity index (χ0) is 13.4. The van der Waals surface area contributed by atoms with Crippen LogP contribution in [0.5, 0.6) is 0 Å². The summed E-state index contributed by atoms with van der Waals surface area (Å²) in [5.74, 6) is 0.547. The van der Waals surface area contributed by atoms with Gasteiger partial charge in [0.1, 0.15) is 0 Å². The fourth-order valence-electron chi connectivity index (χ4n) is 2.43. The number of fused-ring (bicyclic) bond motifs is 1. The molecule has 0 aliphatic heterocycles. The summed E-state index contributed by atoms with van der Waals surface area (Å²) in [5, 5.41) is 8.49. The third kappa shape index (κ3) is 2.45. The molecule has 1 aliphatic rings. The fraction of sp³-hybridized carbons (Fsp3) is 0.267. The van der Waals surface area contributed by atoms with Crippen molar-refractivity contribution in [3.63, 3.8) is 0 Å². The van der Waals surface area contributed by atoms with E-state index in [0.717, 1.165) is 33.4 Å². The van der Waals surface area contributed by atoms with Crippen molar-refractivity contribution in [2.75, 3.05) is 0 Å². The second-order valence-electron chi connectivity index (χ2n) is 5.04. The number of hydrogen-bond donors (Lipinski definition) is 0. The second-order valence-corrected chi connectivity index (χ2v) is 5.95. The number of hydrogen-bond acceptors (Lipinski definition) is 3. The predicted molar refractivity (Wildman–Crippen MR) is 77.0 cm³/mol. The number of carbonyl (C=O) groups excluding carboxylic acids is 1. The van der Waals surface area contributed by atoms with Crippen molar-refractivity contribution in [3.8, 4) is 11.3 Å². The molecule has 1 heterocycles. The molecule has 19 heavy (non-hydrogen) atoms. The minimum atomic E-state index is 0.180. The lowest BCUT2D eigenvalue weighted by atomic mass is 9.87. The average molecular weight is 317 g/mol. The first-order chi connectivity index (χ1) is 9.13. The Kier molecular flexibility index (Phi) is 3.19. The van der Waals surface area contributed by atoms with Gasteiger partial charge in [-0.1, -0.05) is 35.0 Å². The number of aromatic nitrogens is 2. The Morgan fingerprint density at radius 2 is 2.05 bits per heavy atom. The molecule has 1 aliphatic carbocycles. The van der Waals surface area contributed by atoms with Crippen LogP contribution in [-0.4, -0.2) is 16.0 Å². The van der Waals surface area contributed by atoms with E-state index in [1.807, 2.05) is 30.3 Å². The van der Waals surface area contributed by atoms with Gasteiger partial charge >= 0.3 is 0 Å². The molecule has 0 spiro atoms. The van der Waals surface area contributed by atoms with E-state index in [1.54, 1.807) is 0 Å². The van der Waals surface area contributed by atoms with Crippen LogP contribution in [0.25, 0.3) is 11.3 Å². The number of halogens is 1. The minimum Gasteiger partial charge on any atom is -0.294 e. The lowest BCUT2D eigenvalue weighted by Gasteiger charge is -2.19. The van der Waals surface area contributed by atoms with Gasteiger partial charge in [-0.15, -0.1) is 0 Å². The van der Waals surface area contributed by atoms with Crippen molar-refractivity contribution in [2.24, 2.45) is 5.92 Å². The molecule has 0 saturated heterocycles. The molecule has 1 aromatic carbocycles. The first kappa shape index (κ1) is 12.5. The van der Waals surface area contributed by atoms with Crippen LogP contribution in [0, 0.1) is 5.92 Å². The van der Waals surface area contributed by atoms with Crippen molar-refractivity contribution < 1.29 is 4.79 Å². The smallest absolute Gasteiger partial charge is 0.165 e. The molecule has 0 fully saturated rings. The Morgan fingerprint density at radius 3 is 2.84 bits per heavy atom. The fourth-order valence-corrected chi connectivity index (χ4v) is 2.83. The molecule has 0 N–H and O–H groups in total. The maximum atomic E-state index is 12.1. The van der Waals surface area contributed by atoms with Crippen molar-refractivity contribution in [1.82, 2.24) is 10.2 Å². The summed E-state index contributed by atoms with van der Waals surface area (Å²) in [6.07, 6.45) is 1.45. The largest absolute Gasteiger partial charge is 0.294 e. The van der Waals surface area contributed by atoms with Crippen LogP contribution in [0.1, 0.15) is 29.4 Å². The van der Waals surface area contributed by atoms with Crippen molar-refractivity contribution in [1.29, 1.82) is 0 Å². The summed E-state index contributed by atoms with van der Waals surface area (Å²) in [6.45, 7) is 2.07. The topological polar surface area (TPSA) is 42.9 Å². The summed E-state index contributed by atoms with van der Waals surface area (Å²) in [5.41, 5.74) is 3.30. The normalized spacial score (nSPS) is 18.2. The second kappa shape index (κ2) is 4.85. The third-order valence-electron chi connectivity index (χ3n) is 3.37. The van der Waals surface area contributed by atoms with Crippen molar-refractivity contribution in [3.05, 3.63) is 46.1 Å². The first-order valence-electron chi connectivity index (χ1n) is 6.29. The van der Waals surface area contributed by atoms with Gasteiger partial charge in [0, 0.05) is 22.0 Å². The lowest BCUT2D eigenvalue weighted by molar-refractivity contribution is 0.0951. The molecular weight excluding hydrogens is 304 g/mol. The summed E-state index contributed by atoms with van der Waals surface area (Å²) in [4.78, 5) is 12.1. The van der Waals surface area contributed by atoms with E-state index in [1.165, 1.54) is 0 Å². The molecule has 0 amide bonds. The first-order valence-corrected chi connectivity index (χ1v) is 7.08. The summed E-state index contributed by atoms with van der Waals surface area (Å²) in [7, 11) is 0. The van der Waals surface area contributed by atoms with Gasteiger partial charge in [0.25, 0.3) is 0 Å². The van der Waals surface area contributed by atoms with E-state index >= 15 is 0 Å². The van der Waals surface area contributed by atoms with Crippen LogP contribution in [0.15, 0.2) is 34.8 Å². The Hall–Kier alpha value is -1.55. The zero-order valence-electron chi connectivity index (χ0n) is 10.6. The van der Waals surface area contributed by atoms with E-state index in [-0.39, 0.29) is 5.78 Å². The number of Topliss-reactive ketones (excluding diaryl/α,β-unsaturated/α-hetero) is 1. The van der Waals surface area contributed by atoms with Crippen LogP contribution in [0.4, 0.5) is 0 Å². The highest BCUT2D eigenvalue weighted by Gasteiger charge is 2.24. The number of nitrogens with zero attached hydrogens (tertiary/aromatic N) is 2. The van der Waals surface area contributed by atoms with Crippen LogP contribution in [-0.2, 0) is 6.42 Å². The van der Waals surface area contributed by atoms with Gasteiger partial charge in [0.15, 0.2) is 5.78 Å². The van der Waals surface area contributed by atoms with Gasteiger partial charge in [0.2, 0.25) is 0 Å². The highest BCUT2D eigenvalue weighted by molar-refractivity contribution is 9.10. The summed E-state index contributed by atoms with van der Waals surface area (Å²) < 4.78 is 0.990. The minimum absolute atomic E-state index is 0.180. The average Bonchev–Trinajstić information content (AvgIpc) is 2.38. The monoisotopic (exact) mass is 316 g/mol. The number of ketones is 1. The Balaban J connectivity index is 2.07. The maximum absolute atomic E-state index is 12.1. The van der Waals surface area contributed by atoms with Gasteiger partial charge in [-0.3, -0.25) is 4.79 Å². The van der Waals surface area contributed by atoms with Crippen LogP contribution < -0.4 is 0 Å². The van der Waals surface area contributed by atoms with E-state index in [9.17, 15) is 4.79 Å². The molecule has 96 valence electrons. The number of benzene rings is 1. The molecule has 2 aromatic rings. The Bertz CT molecular complexity index is 654. The van der Waals surface area contributed by atoms with Gasteiger partial charge in [-0.2, -0.15) is 10.2 Å². The van der Waals surface area contributed by atoms with E-state index in [4.69, 9.17) is 0 Å².